The fraction of sp³-hybridized carbons (Fsp3) is 1.00. The van der Waals surface area contributed by atoms with E-state index in [1.54, 1.807) is 0 Å². The summed E-state index contributed by atoms with van der Waals surface area (Å²) in [4.78, 5) is 0. The van der Waals surface area contributed by atoms with Crippen LogP contribution in [0.1, 0.15) is 39.0 Å². The molecular formula is C10H19ClS. The van der Waals surface area contributed by atoms with E-state index in [0.717, 1.165) is 17.0 Å². The molecule has 1 saturated carbocycles. The third-order valence-corrected chi connectivity index (χ3v) is 4.56. The number of halogens is 1. The number of thioether (sulfide) groups is 1. The van der Waals surface area contributed by atoms with Crippen LogP contribution < -0.4 is 0 Å². The van der Waals surface area contributed by atoms with E-state index in [1.165, 1.54) is 37.9 Å². The average Bonchev–Trinajstić information content (AvgIpc) is 2.09. The maximum absolute atomic E-state index is 5.64. The molecular weight excluding hydrogens is 188 g/mol. The van der Waals surface area contributed by atoms with Gasteiger partial charge >= 0.3 is 0 Å². The second-order valence-electron chi connectivity index (χ2n) is 3.71. The quantitative estimate of drug-likeness (QED) is 0.496. The molecule has 0 bridgehead atoms. The zero-order valence-electron chi connectivity index (χ0n) is 7.89. The Bertz CT molecular complexity index is 116. The van der Waals surface area contributed by atoms with Gasteiger partial charge in [0.2, 0.25) is 0 Å². The largest absolute Gasteiger partial charge is 0.158 e. The highest BCUT2D eigenvalue weighted by Gasteiger charge is 2.20. The Morgan fingerprint density at radius 2 is 2.08 bits per heavy atom. The minimum Gasteiger partial charge on any atom is -0.158 e. The summed E-state index contributed by atoms with van der Waals surface area (Å²) in [6.45, 7) is 2.40. The van der Waals surface area contributed by atoms with E-state index in [1.807, 2.05) is 0 Å². The summed E-state index contributed by atoms with van der Waals surface area (Å²) in [6.07, 6.45) is 6.96. The number of hydrogen-bond donors (Lipinski definition) is 0. The molecule has 0 heterocycles. The van der Waals surface area contributed by atoms with Gasteiger partial charge in [0, 0.05) is 11.1 Å². The lowest BCUT2D eigenvalue weighted by molar-refractivity contribution is 0.397. The van der Waals surface area contributed by atoms with Crippen LogP contribution in [0.2, 0.25) is 0 Å². The van der Waals surface area contributed by atoms with Crippen molar-refractivity contribution in [1.29, 1.82) is 0 Å². The van der Waals surface area contributed by atoms with Gasteiger partial charge in [-0.15, -0.1) is 11.6 Å². The van der Waals surface area contributed by atoms with E-state index in [0.29, 0.717) is 0 Å². The van der Waals surface area contributed by atoms with Crippen molar-refractivity contribution in [3.8, 4) is 0 Å². The van der Waals surface area contributed by atoms with Crippen LogP contribution in [0.4, 0.5) is 0 Å². The summed E-state index contributed by atoms with van der Waals surface area (Å²) < 4.78 is 0. The fourth-order valence-electron chi connectivity index (χ4n) is 1.82. The van der Waals surface area contributed by atoms with Crippen LogP contribution in [0.3, 0.4) is 0 Å². The van der Waals surface area contributed by atoms with Crippen molar-refractivity contribution >= 4 is 23.4 Å². The number of alkyl halides is 1. The van der Waals surface area contributed by atoms with Gasteiger partial charge in [0.25, 0.3) is 0 Å². The van der Waals surface area contributed by atoms with Crippen molar-refractivity contribution in [3.63, 3.8) is 0 Å². The van der Waals surface area contributed by atoms with Gasteiger partial charge in [-0.3, -0.25) is 0 Å². The molecule has 0 aliphatic heterocycles. The van der Waals surface area contributed by atoms with Crippen LogP contribution in [0.25, 0.3) is 0 Å². The zero-order valence-corrected chi connectivity index (χ0v) is 9.46. The summed E-state index contributed by atoms with van der Waals surface area (Å²) in [7, 11) is 0. The molecule has 1 fully saturated rings. The van der Waals surface area contributed by atoms with Crippen molar-refractivity contribution in [1.82, 2.24) is 0 Å². The Hall–Kier alpha value is 0.640. The Morgan fingerprint density at radius 1 is 1.33 bits per heavy atom. The van der Waals surface area contributed by atoms with E-state index in [4.69, 9.17) is 11.6 Å². The molecule has 0 aromatic heterocycles. The lowest BCUT2D eigenvalue weighted by Gasteiger charge is -2.28. The van der Waals surface area contributed by atoms with Gasteiger partial charge in [0.15, 0.2) is 0 Å². The maximum Gasteiger partial charge on any atom is 0.0231 e. The molecule has 1 aliphatic carbocycles. The Balaban J connectivity index is 2.11. The van der Waals surface area contributed by atoms with Gasteiger partial charge < -0.3 is 0 Å². The standard InChI is InChI=1S/C10H19ClS/c1-9-5-2-3-6-10(9)12-8-4-7-11/h9-10H,2-8H2,1H3. The molecule has 1 aliphatic rings. The van der Waals surface area contributed by atoms with Gasteiger partial charge in [-0.05, 0) is 30.9 Å². The molecule has 0 nitrogen and oxygen atoms in total. The third-order valence-electron chi connectivity index (χ3n) is 2.64. The molecule has 0 aromatic rings. The first kappa shape index (κ1) is 10.7. The molecule has 2 atom stereocenters. The van der Waals surface area contributed by atoms with E-state index in [-0.39, 0.29) is 0 Å². The lowest BCUT2D eigenvalue weighted by atomic mass is 9.90. The van der Waals surface area contributed by atoms with Crippen LogP contribution in [0.15, 0.2) is 0 Å². The summed E-state index contributed by atoms with van der Waals surface area (Å²) in [5.41, 5.74) is 0. The molecule has 12 heavy (non-hydrogen) atoms. The molecule has 0 spiro atoms. The Kier molecular flexibility index (Phi) is 5.49. The van der Waals surface area contributed by atoms with Crippen LogP contribution >= 0.6 is 23.4 Å². The maximum atomic E-state index is 5.64. The van der Waals surface area contributed by atoms with Gasteiger partial charge in [0.1, 0.15) is 0 Å². The summed E-state index contributed by atoms with van der Waals surface area (Å²) in [5, 5.41) is 0.932. The van der Waals surface area contributed by atoms with Gasteiger partial charge in [-0.1, -0.05) is 19.8 Å². The smallest absolute Gasteiger partial charge is 0.0231 e. The summed E-state index contributed by atoms with van der Waals surface area (Å²) >= 11 is 7.79. The van der Waals surface area contributed by atoms with Crippen LogP contribution in [-0.2, 0) is 0 Å². The average molecular weight is 207 g/mol. The minimum absolute atomic E-state index is 0.827. The number of hydrogen-bond acceptors (Lipinski definition) is 1. The topological polar surface area (TPSA) is 0 Å². The first-order valence-electron chi connectivity index (χ1n) is 5.02. The second-order valence-corrected chi connectivity index (χ2v) is 5.44. The Labute approximate surface area is 85.4 Å². The summed E-state index contributed by atoms with van der Waals surface area (Å²) in [6, 6.07) is 0. The normalized spacial score (nSPS) is 30.5. The van der Waals surface area contributed by atoms with Crippen molar-refractivity contribution in [2.75, 3.05) is 11.6 Å². The van der Waals surface area contributed by atoms with Gasteiger partial charge in [-0.25, -0.2) is 0 Å². The SMILES string of the molecule is CC1CCCCC1SCCCCl. The van der Waals surface area contributed by atoms with Crippen molar-refractivity contribution < 1.29 is 0 Å². The molecule has 0 saturated heterocycles. The highest BCUT2D eigenvalue weighted by Crippen LogP contribution is 2.33. The van der Waals surface area contributed by atoms with E-state index in [2.05, 4.69) is 18.7 Å². The van der Waals surface area contributed by atoms with Crippen molar-refractivity contribution in [2.24, 2.45) is 5.92 Å². The van der Waals surface area contributed by atoms with E-state index in [9.17, 15) is 0 Å². The molecule has 0 amide bonds. The van der Waals surface area contributed by atoms with E-state index < -0.39 is 0 Å². The van der Waals surface area contributed by atoms with Gasteiger partial charge in [0.05, 0.1) is 0 Å². The summed E-state index contributed by atoms with van der Waals surface area (Å²) in [5.74, 6) is 3.03. The predicted octanol–water partition coefficient (Wildman–Crippen LogP) is 3.93. The minimum atomic E-state index is 0.827. The highest BCUT2D eigenvalue weighted by molar-refractivity contribution is 7.99. The lowest BCUT2D eigenvalue weighted by Crippen LogP contribution is -2.19. The third kappa shape index (κ3) is 3.57. The van der Waals surface area contributed by atoms with Crippen molar-refractivity contribution in [3.05, 3.63) is 0 Å². The van der Waals surface area contributed by atoms with Crippen molar-refractivity contribution in [2.45, 2.75) is 44.3 Å². The first-order valence-corrected chi connectivity index (χ1v) is 6.60. The highest BCUT2D eigenvalue weighted by atomic mass is 35.5. The Morgan fingerprint density at radius 3 is 2.75 bits per heavy atom. The van der Waals surface area contributed by atoms with Crippen LogP contribution in [0, 0.1) is 5.92 Å². The molecule has 2 unspecified atom stereocenters. The fourth-order valence-corrected chi connectivity index (χ4v) is 3.52. The van der Waals surface area contributed by atoms with Gasteiger partial charge in [-0.2, -0.15) is 11.8 Å². The van der Waals surface area contributed by atoms with Crippen LogP contribution in [0.5, 0.6) is 0 Å². The number of rotatable bonds is 4. The first-order chi connectivity index (χ1) is 5.84. The van der Waals surface area contributed by atoms with E-state index >= 15 is 0 Å². The molecule has 1 rings (SSSR count). The van der Waals surface area contributed by atoms with Crippen LogP contribution in [-0.4, -0.2) is 16.9 Å². The monoisotopic (exact) mass is 206 g/mol. The predicted molar refractivity (Wildman–Crippen MR) is 59.2 cm³/mol. The molecule has 0 radical (unpaired) electrons. The zero-order chi connectivity index (χ0) is 8.81. The molecule has 72 valence electrons. The molecule has 2 heteroatoms. The molecule has 0 N–H and O–H groups in total. The second kappa shape index (κ2) is 6.15. The molecule has 0 aromatic carbocycles.